The molecule has 2 amide bonds. The third-order valence-electron chi connectivity index (χ3n) is 5.17. The minimum atomic E-state index is -0.495. The number of fused-ring (bicyclic) bond motifs is 1. The molecule has 1 atom stereocenters. The summed E-state index contributed by atoms with van der Waals surface area (Å²) in [5.41, 5.74) is 2.13. The number of hydrogen-bond acceptors (Lipinski definition) is 8. The number of halogens is 2. The van der Waals surface area contributed by atoms with Crippen molar-refractivity contribution >= 4 is 51.9 Å². The molecule has 2 N–H and O–H groups in total. The Morgan fingerprint density at radius 1 is 1.18 bits per heavy atom. The Labute approximate surface area is 197 Å². The van der Waals surface area contributed by atoms with Crippen LogP contribution in [-0.4, -0.2) is 66.9 Å². The summed E-state index contributed by atoms with van der Waals surface area (Å²) >= 11 is 12.4. The van der Waals surface area contributed by atoms with Crippen LogP contribution in [0.3, 0.4) is 0 Å². The Kier molecular flexibility index (Phi) is 5.70. The van der Waals surface area contributed by atoms with Crippen molar-refractivity contribution in [3.05, 3.63) is 47.2 Å². The smallest absolute Gasteiger partial charge is 0.323 e. The quantitative estimate of drug-likeness (QED) is 0.438. The molecule has 33 heavy (non-hydrogen) atoms. The summed E-state index contributed by atoms with van der Waals surface area (Å²) < 4.78 is 7.06. The number of imidazole rings is 1. The van der Waals surface area contributed by atoms with Gasteiger partial charge in [-0.05, 0) is 12.5 Å². The number of urea groups is 1. The van der Waals surface area contributed by atoms with Gasteiger partial charge in [-0.15, -0.1) is 4.80 Å². The molecule has 0 radical (unpaired) electrons. The zero-order chi connectivity index (χ0) is 22.9. The zero-order valence-corrected chi connectivity index (χ0v) is 18.8. The normalized spacial score (nSPS) is 15.8. The van der Waals surface area contributed by atoms with Crippen LogP contribution >= 0.6 is 23.2 Å². The first-order valence-electron chi connectivity index (χ1n) is 9.93. The fourth-order valence-electron chi connectivity index (χ4n) is 3.68. The lowest BCUT2D eigenvalue weighted by Gasteiger charge is -2.22. The SMILES string of the molecule is CO[C@H]1CCN(c2c(NC(=O)Nc3cnc(-n4nccn4)c(Cl)c3)cnn3cc(Cl)nc23)C1. The van der Waals surface area contributed by atoms with E-state index in [0.29, 0.717) is 40.2 Å². The molecule has 5 heterocycles. The van der Waals surface area contributed by atoms with E-state index < -0.39 is 6.03 Å². The highest BCUT2D eigenvalue weighted by Gasteiger charge is 2.27. The fraction of sp³-hybridized carbons (Fsp3) is 0.263. The highest BCUT2D eigenvalue weighted by atomic mass is 35.5. The molecule has 0 spiro atoms. The maximum Gasteiger partial charge on any atom is 0.323 e. The summed E-state index contributed by atoms with van der Waals surface area (Å²) in [7, 11) is 1.68. The summed E-state index contributed by atoms with van der Waals surface area (Å²) in [5, 5.41) is 18.5. The second-order valence-corrected chi connectivity index (χ2v) is 8.05. The van der Waals surface area contributed by atoms with E-state index in [1.54, 1.807) is 30.1 Å². The number of carbonyl (C=O) groups excluding carboxylic acids is 1. The van der Waals surface area contributed by atoms with Gasteiger partial charge in [0.15, 0.2) is 11.5 Å². The van der Waals surface area contributed by atoms with E-state index in [0.717, 1.165) is 13.0 Å². The molecule has 4 aromatic heterocycles. The van der Waals surface area contributed by atoms with Crippen LogP contribution in [0.1, 0.15) is 6.42 Å². The number of methoxy groups -OCH3 is 1. The zero-order valence-electron chi connectivity index (χ0n) is 17.3. The molecule has 0 aliphatic carbocycles. The molecule has 4 aromatic rings. The first-order chi connectivity index (χ1) is 16.0. The van der Waals surface area contributed by atoms with E-state index in [-0.39, 0.29) is 11.1 Å². The average molecular weight is 489 g/mol. The third kappa shape index (κ3) is 4.27. The summed E-state index contributed by atoms with van der Waals surface area (Å²) in [6.45, 7) is 1.39. The van der Waals surface area contributed by atoms with E-state index in [4.69, 9.17) is 27.9 Å². The minimum Gasteiger partial charge on any atom is -0.380 e. The van der Waals surface area contributed by atoms with Gasteiger partial charge in [0.1, 0.15) is 10.8 Å². The Morgan fingerprint density at radius 2 is 2.00 bits per heavy atom. The molecule has 5 rings (SSSR count). The number of nitrogens with zero attached hydrogens (tertiary/aromatic N) is 8. The molecule has 0 unspecified atom stereocenters. The minimum absolute atomic E-state index is 0.0846. The van der Waals surface area contributed by atoms with Crippen LogP contribution in [0.5, 0.6) is 0 Å². The molecule has 1 aliphatic rings. The Bertz CT molecular complexity index is 1310. The van der Waals surface area contributed by atoms with Crippen molar-refractivity contribution < 1.29 is 9.53 Å². The van der Waals surface area contributed by atoms with Crippen LogP contribution in [0.15, 0.2) is 37.1 Å². The number of ether oxygens (including phenoxy) is 1. The largest absolute Gasteiger partial charge is 0.380 e. The third-order valence-corrected chi connectivity index (χ3v) is 5.63. The van der Waals surface area contributed by atoms with Gasteiger partial charge in [0.2, 0.25) is 0 Å². The number of hydrogen-bond donors (Lipinski definition) is 2. The van der Waals surface area contributed by atoms with Crippen LogP contribution < -0.4 is 15.5 Å². The van der Waals surface area contributed by atoms with Crippen LogP contribution in [0.4, 0.5) is 21.9 Å². The van der Waals surface area contributed by atoms with Crippen LogP contribution in [-0.2, 0) is 4.74 Å². The standard InChI is InChI=1S/C19H18Cl2N10O2/c1-33-12-2-5-29(9-12)16-14(8-25-30-10-15(21)28-18(16)30)27-19(32)26-11-6-13(20)17(22-7-11)31-23-3-4-24-31/h3-4,6-8,10,12H,2,5,9H2,1H3,(H2,26,27,32)/t12-/m0/s1. The van der Waals surface area contributed by atoms with E-state index in [9.17, 15) is 4.79 Å². The van der Waals surface area contributed by atoms with E-state index >= 15 is 0 Å². The van der Waals surface area contributed by atoms with Gasteiger partial charge in [0.25, 0.3) is 0 Å². The first kappa shape index (κ1) is 21.4. The average Bonchev–Trinajstić information content (AvgIpc) is 3.54. The number of anilines is 3. The number of aromatic nitrogens is 7. The molecule has 1 fully saturated rings. The molecule has 0 saturated carbocycles. The van der Waals surface area contributed by atoms with Gasteiger partial charge >= 0.3 is 6.03 Å². The number of carbonyl (C=O) groups is 1. The number of nitrogens with one attached hydrogen (secondary N) is 2. The van der Waals surface area contributed by atoms with Crippen molar-refractivity contribution in [3.8, 4) is 5.82 Å². The van der Waals surface area contributed by atoms with Crippen molar-refractivity contribution in [2.45, 2.75) is 12.5 Å². The van der Waals surface area contributed by atoms with Crippen LogP contribution in [0, 0.1) is 0 Å². The maximum atomic E-state index is 12.8. The van der Waals surface area contributed by atoms with Gasteiger partial charge in [-0.3, -0.25) is 0 Å². The van der Waals surface area contributed by atoms with Gasteiger partial charge in [-0.2, -0.15) is 15.3 Å². The van der Waals surface area contributed by atoms with Gasteiger partial charge in [0.05, 0.1) is 53.5 Å². The molecular weight excluding hydrogens is 471 g/mol. The molecule has 170 valence electrons. The maximum absolute atomic E-state index is 12.8. The lowest BCUT2D eigenvalue weighted by atomic mass is 10.3. The molecule has 0 aromatic carbocycles. The molecular formula is C19H18Cl2N10O2. The van der Waals surface area contributed by atoms with Crippen molar-refractivity contribution in [2.75, 3.05) is 35.7 Å². The lowest BCUT2D eigenvalue weighted by molar-refractivity contribution is 0.121. The van der Waals surface area contributed by atoms with E-state index in [2.05, 4.69) is 40.8 Å². The van der Waals surface area contributed by atoms with Crippen LogP contribution in [0.2, 0.25) is 10.2 Å². The van der Waals surface area contributed by atoms with Crippen molar-refractivity contribution in [1.82, 2.24) is 34.6 Å². The molecule has 12 nitrogen and oxygen atoms in total. The molecule has 0 bridgehead atoms. The summed E-state index contributed by atoms with van der Waals surface area (Å²) in [4.78, 5) is 24.8. The van der Waals surface area contributed by atoms with Crippen molar-refractivity contribution in [3.63, 3.8) is 0 Å². The predicted molar refractivity (Wildman–Crippen MR) is 122 cm³/mol. The highest BCUT2D eigenvalue weighted by Crippen LogP contribution is 2.33. The lowest BCUT2D eigenvalue weighted by Crippen LogP contribution is -2.26. The molecule has 1 saturated heterocycles. The topological polar surface area (TPSA) is 127 Å². The van der Waals surface area contributed by atoms with Gasteiger partial charge < -0.3 is 20.3 Å². The van der Waals surface area contributed by atoms with E-state index in [1.807, 2.05) is 0 Å². The van der Waals surface area contributed by atoms with Gasteiger partial charge in [-0.1, -0.05) is 23.2 Å². The molecule has 1 aliphatic heterocycles. The number of amides is 2. The predicted octanol–water partition coefficient (Wildman–Crippen LogP) is 2.88. The second-order valence-electron chi connectivity index (χ2n) is 7.26. The monoisotopic (exact) mass is 488 g/mol. The Balaban J connectivity index is 1.39. The van der Waals surface area contributed by atoms with Gasteiger partial charge in [-0.25, -0.2) is 19.3 Å². The van der Waals surface area contributed by atoms with Gasteiger partial charge in [0, 0.05) is 20.2 Å². The number of pyridine rings is 1. The first-order valence-corrected chi connectivity index (χ1v) is 10.7. The molecule has 14 heteroatoms. The fourth-order valence-corrected chi connectivity index (χ4v) is 4.09. The highest BCUT2D eigenvalue weighted by molar-refractivity contribution is 6.32. The summed E-state index contributed by atoms with van der Waals surface area (Å²) in [6, 6.07) is 1.07. The van der Waals surface area contributed by atoms with Crippen molar-refractivity contribution in [1.29, 1.82) is 0 Å². The second kappa shape index (κ2) is 8.81. The number of rotatable bonds is 5. The summed E-state index contributed by atoms with van der Waals surface area (Å²) in [6.07, 6.45) is 8.60. The Hall–Kier alpha value is -3.48. The Morgan fingerprint density at radius 3 is 2.73 bits per heavy atom. The summed E-state index contributed by atoms with van der Waals surface area (Å²) in [5.74, 6) is 0.350. The van der Waals surface area contributed by atoms with E-state index in [1.165, 1.54) is 23.4 Å². The van der Waals surface area contributed by atoms with Crippen LogP contribution in [0.25, 0.3) is 11.5 Å². The van der Waals surface area contributed by atoms with Crippen molar-refractivity contribution in [2.24, 2.45) is 0 Å².